The van der Waals surface area contributed by atoms with E-state index < -0.39 is 0 Å². The lowest BCUT2D eigenvalue weighted by atomic mass is 10.2. The second-order valence-corrected chi connectivity index (χ2v) is 6.42. The monoisotopic (exact) mass is 343 g/mol. The molecule has 2 aromatic heterocycles. The molecule has 1 aliphatic rings. The zero-order valence-electron chi connectivity index (χ0n) is 15.2. The van der Waals surface area contributed by atoms with Gasteiger partial charge in [-0.05, 0) is 20.8 Å². The van der Waals surface area contributed by atoms with E-state index in [2.05, 4.69) is 30.2 Å². The van der Waals surface area contributed by atoms with Gasteiger partial charge in [0.2, 0.25) is 5.91 Å². The van der Waals surface area contributed by atoms with Crippen LogP contribution in [-0.4, -0.2) is 62.8 Å². The maximum absolute atomic E-state index is 12.7. The summed E-state index contributed by atoms with van der Waals surface area (Å²) in [6.45, 7) is 9.12. The summed E-state index contributed by atoms with van der Waals surface area (Å²) < 4.78 is 1.79. The number of amides is 1. The Bertz CT molecular complexity index is 735. The van der Waals surface area contributed by atoms with Crippen LogP contribution in [0, 0.1) is 13.8 Å². The quantitative estimate of drug-likeness (QED) is 0.891. The molecule has 25 heavy (non-hydrogen) atoms. The summed E-state index contributed by atoms with van der Waals surface area (Å²) in [4.78, 5) is 25.5. The van der Waals surface area contributed by atoms with Crippen LogP contribution in [0.2, 0.25) is 0 Å². The van der Waals surface area contributed by atoms with E-state index in [4.69, 9.17) is 0 Å². The SMILES string of the molecule is Cc1nn(C)c(C)c1NC(=O)C(C)N1CCN(c2cnccn2)CC1. The minimum atomic E-state index is -0.192. The highest BCUT2D eigenvalue weighted by Gasteiger charge is 2.27. The van der Waals surface area contributed by atoms with Crippen molar-refractivity contribution in [2.75, 3.05) is 36.4 Å². The van der Waals surface area contributed by atoms with E-state index in [1.807, 2.05) is 27.8 Å². The highest BCUT2D eigenvalue weighted by molar-refractivity contribution is 5.95. The third-order valence-corrected chi connectivity index (χ3v) is 4.87. The number of hydrogen-bond donors (Lipinski definition) is 1. The molecular formula is C17H25N7O. The Balaban J connectivity index is 1.58. The minimum absolute atomic E-state index is 0.00662. The van der Waals surface area contributed by atoms with Gasteiger partial charge in [0.15, 0.2) is 0 Å². The Hall–Kier alpha value is -2.48. The van der Waals surface area contributed by atoms with Gasteiger partial charge in [0, 0.05) is 45.6 Å². The molecule has 3 heterocycles. The van der Waals surface area contributed by atoms with Crippen molar-refractivity contribution in [3.8, 4) is 0 Å². The summed E-state index contributed by atoms with van der Waals surface area (Å²) in [5, 5.41) is 7.39. The van der Waals surface area contributed by atoms with Gasteiger partial charge in [-0.2, -0.15) is 5.10 Å². The molecule has 1 unspecified atom stereocenters. The van der Waals surface area contributed by atoms with Gasteiger partial charge in [0.1, 0.15) is 5.82 Å². The Morgan fingerprint density at radius 1 is 1.20 bits per heavy atom. The fourth-order valence-electron chi connectivity index (χ4n) is 3.14. The first kappa shape index (κ1) is 17.3. The number of aromatic nitrogens is 4. The van der Waals surface area contributed by atoms with Crippen molar-refractivity contribution in [2.45, 2.75) is 26.8 Å². The van der Waals surface area contributed by atoms with Gasteiger partial charge < -0.3 is 10.2 Å². The molecule has 0 spiro atoms. The second kappa shape index (κ2) is 7.18. The van der Waals surface area contributed by atoms with Crippen molar-refractivity contribution in [1.82, 2.24) is 24.6 Å². The van der Waals surface area contributed by atoms with Gasteiger partial charge in [-0.25, -0.2) is 4.98 Å². The summed E-state index contributed by atoms with van der Waals surface area (Å²) in [6.07, 6.45) is 5.16. The number of nitrogens with one attached hydrogen (secondary N) is 1. The molecule has 1 fully saturated rings. The molecule has 1 N–H and O–H groups in total. The van der Waals surface area contributed by atoms with E-state index in [1.54, 1.807) is 23.3 Å². The van der Waals surface area contributed by atoms with E-state index in [1.165, 1.54) is 0 Å². The topological polar surface area (TPSA) is 79.2 Å². The standard InChI is InChI=1S/C17H25N7O/c1-12-16(13(2)22(4)21-12)20-17(25)14(3)23-7-9-24(10-8-23)15-11-18-5-6-19-15/h5-6,11,14H,7-10H2,1-4H3,(H,20,25). The molecule has 134 valence electrons. The third kappa shape index (κ3) is 3.63. The maximum atomic E-state index is 12.7. The lowest BCUT2D eigenvalue weighted by Crippen LogP contribution is -2.53. The maximum Gasteiger partial charge on any atom is 0.241 e. The highest BCUT2D eigenvalue weighted by atomic mass is 16.2. The van der Waals surface area contributed by atoms with E-state index in [0.29, 0.717) is 0 Å². The van der Waals surface area contributed by atoms with Crippen molar-refractivity contribution in [1.29, 1.82) is 0 Å². The Morgan fingerprint density at radius 2 is 1.92 bits per heavy atom. The molecule has 0 saturated carbocycles. The second-order valence-electron chi connectivity index (χ2n) is 6.42. The van der Waals surface area contributed by atoms with Crippen LogP contribution >= 0.6 is 0 Å². The number of rotatable bonds is 4. The van der Waals surface area contributed by atoms with Crippen molar-refractivity contribution in [3.63, 3.8) is 0 Å². The number of hydrogen-bond acceptors (Lipinski definition) is 6. The van der Waals surface area contributed by atoms with Crippen LogP contribution in [0.25, 0.3) is 0 Å². The molecule has 0 aliphatic carbocycles. The molecule has 8 heteroatoms. The van der Waals surface area contributed by atoms with Crippen LogP contribution in [0.15, 0.2) is 18.6 Å². The molecule has 1 amide bonds. The fourth-order valence-corrected chi connectivity index (χ4v) is 3.14. The molecule has 2 aromatic rings. The van der Waals surface area contributed by atoms with Gasteiger partial charge in [-0.1, -0.05) is 0 Å². The van der Waals surface area contributed by atoms with Crippen LogP contribution in [0.1, 0.15) is 18.3 Å². The fraction of sp³-hybridized carbons (Fsp3) is 0.529. The summed E-state index contributed by atoms with van der Waals surface area (Å²) >= 11 is 0. The number of piperazine rings is 1. The predicted molar refractivity (Wildman–Crippen MR) is 96.6 cm³/mol. The molecule has 0 aromatic carbocycles. The van der Waals surface area contributed by atoms with Crippen LogP contribution < -0.4 is 10.2 Å². The number of carbonyl (C=O) groups is 1. The lowest BCUT2D eigenvalue weighted by Gasteiger charge is -2.37. The summed E-state index contributed by atoms with van der Waals surface area (Å²) in [6, 6.07) is -0.192. The van der Waals surface area contributed by atoms with Gasteiger partial charge in [-0.15, -0.1) is 0 Å². The molecule has 0 radical (unpaired) electrons. The van der Waals surface area contributed by atoms with Crippen molar-refractivity contribution < 1.29 is 4.79 Å². The van der Waals surface area contributed by atoms with Crippen LogP contribution in [0.4, 0.5) is 11.5 Å². The van der Waals surface area contributed by atoms with Crippen molar-refractivity contribution in [3.05, 3.63) is 30.0 Å². The van der Waals surface area contributed by atoms with Gasteiger partial charge in [0.25, 0.3) is 0 Å². The molecule has 1 atom stereocenters. The van der Waals surface area contributed by atoms with E-state index in [0.717, 1.165) is 49.1 Å². The average molecular weight is 343 g/mol. The van der Waals surface area contributed by atoms with Crippen LogP contribution in [0.5, 0.6) is 0 Å². The zero-order valence-corrected chi connectivity index (χ0v) is 15.2. The number of aryl methyl sites for hydroxylation is 2. The molecule has 1 aliphatic heterocycles. The number of anilines is 2. The summed E-state index contributed by atoms with van der Waals surface area (Å²) in [7, 11) is 1.88. The minimum Gasteiger partial charge on any atom is -0.353 e. The zero-order chi connectivity index (χ0) is 18.0. The van der Waals surface area contributed by atoms with Crippen LogP contribution in [0.3, 0.4) is 0 Å². The number of nitrogens with zero attached hydrogens (tertiary/aromatic N) is 6. The van der Waals surface area contributed by atoms with Crippen LogP contribution in [-0.2, 0) is 11.8 Å². The average Bonchev–Trinajstić information content (AvgIpc) is 2.88. The van der Waals surface area contributed by atoms with Gasteiger partial charge in [-0.3, -0.25) is 19.4 Å². The van der Waals surface area contributed by atoms with Gasteiger partial charge >= 0.3 is 0 Å². The Morgan fingerprint density at radius 3 is 2.48 bits per heavy atom. The molecule has 8 nitrogen and oxygen atoms in total. The molecule has 1 saturated heterocycles. The first-order valence-electron chi connectivity index (χ1n) is 8.53. The third-order valence-electron chi connectivity index (χ3n) is 4.87. The Labute approximate surface area is 147 Å². The first-order valence-corrected chi connectivity index (χ1v) is 8.53. The van der Waals surface area contributed by atoms with E-state index in [-0.39, 0.29) is 11.9 Å². The van der Waals surface area contributed by atoms with E-state index in [9.17, 15) is 4.79 Å². The largest absolute Gasteiger partial charge is 0.353 e. The smallest absolute Gasteiger partial charge is 0.241 e. The molecular weight excluding hydrogens is 318 g/mol. The van der Waals surface area contributed by atoms with Crippen molar-refractivity contribution >= 4 is 17.4 Å². The van der Waals surface area contributed by atoms with E-state index >= 15 is 0 Å². The lowest BCUT2D eigenvalue weighted by molar-refractivity contribution is -0.120. The molecule has 3 rings (SSSR count). The first-order chi connectivity index (χ1) is 12.0. The van der Waals surface area contributed by atoms with Gasteiger partial charge in [0.05, 0.1) is 29.3 Å². The molecule has 0 bridgehead atoms. The Kier molecular flexibility index (Phi) is 4.98. The predicted octanol–water partition coefficient (Wildman–Crippen LogP) is 0.976. The number of carbonyl (C=O) groups excluding carboxylic acids is 1. The van der Waals surface area contributed by atoms with Crippen molar-refractivity contribution in [2.24, 2.45) is 7.05 Å². The summed E-state index contributed by atoms with van der Waals surface area (Å²) in [5.41, 5.74) is 2.62. The normalized spacial score (nSPS) is 16.7. The highest BCUT2D eigenvalue weighted by Crippen LogP contribution is 2.20. The summed E-state index contributed by atoms with van der Waals surface area (Å²) in [5.74, 6) is 0.896.